The molecule has 4 heteroatoms. The van der Waals surface area contributed by atoms with Gasteiger partial charge in [-0.15, -0.1) is 0 Å². The number of rotatable bonds is 5. The fraction of sp³-hybridized carbons (Fsp3) is 0.909. The third-order valence-corrected chi connectivity index (χ3v) is 2.75. The van der Waals surface area contributed by atoms with Gasteiger partial charge in [-0.3, -0.25) is 4.79 Å². The van der Waals surface area contributed by atoms with Gasteiger partial charge in [-0.25, -0.2) is 0 Å². The lowest BCUT2D eigenvalue weighted by molar-refractivity contribution is -0.152. The van der Waals surface area contributed by atoms with E-state index in [0.717, 1.165) is 25.7 Å². The van der Waals surface area contributed by atoms with Crippen LogP contribution in [0.15, 0.2) is 0 Å². The Morgan fingerprint density at radius 1 is 1.47 bits per heavy atom. The molecule has 0 saturated heterocycles. The highest BCUT2D eigenvalue weighted by Crippen LogP contribution is 2.20. The summed E-state index contributed by atoms with van der Waals surface area (Å²) in [7, 11) is 0. The van der Waals surface area contributed by atoms with Gasteiger partial charge in [-0.2, -0.15) is 0 Å². The molecule has 0 heterocycles. The SMILES string of the molecule is CC(NCCO)C(=O)OC1CCCCC1. The number of nitrogens with one attached hydrogen (secondary N) is 1. The van der Waals surface area contributed by atoms with Crippen LogP contribution in [0.25, 0.3) is 0 Å². The van der Waals surface area contributed by atoms with Crippen molar-refractivity contribution in [2.75, 3.05) is 13.2 Å². The number of aliphatic hydroxyl groups is 1. The van der Waals surface area contributed by atoms with Crippen molar-refractivity contribution in [1.82, 2.24) is 5.32 Å². The molecule has 0 aliphatic heterocycles. The highest BCUT2D eigenvalue weighted by Gasteiger charge is 2.20. The maximum absolute atomic E-state index is 11.6. The smallest absolute Gasteiger partial charge is 0.323 e. The molecule has 0 bridgehead atoms. The Labute approximate surface area is 91.0 Å². The molecular weight excluding hydrogens is 194 g/mol. The second-order valence-electron chi connectivity index (χ2n) is 4.10. The average molecular weight is 215 g/mol. The molecule has 0 spiro atoms. The van der Waals surface area contributed by atoms with E-state index in [1.165, 1.54) is 6.42 Å². The van der Waals surface area contributed by atoms with Crippen molar-refractivity contribution >= 4 is 5.97 Å². The minimum atomic E-state index is -0.320. The predicted molar refractivity (Wildman–Crippen MR) is 57.5 cm³/mol. The molecule has 0 amide bonds. The number of ether oxygens (including phenoxy) is 1. The Balaban J connectivity index is 2.20. The van der Waals surface area contributed by atoms with E-state index in [9.17, 15) is 4.79 Å². The lowest BCUT2D eigenvalue weighted by Crippen LogP contribution is -2.39. The average Bonchev–Trinajstić information content (AvgIpc) is 2.27. The van der Waals surface area contributed by atoms with Crippen LogP contribution >= 0.6 is 0 Å². The van der Waals surface area contributed by atoms with Crippen LogP contribution in [-0.4, -0.2) is 36.4 Å². The molecule has 1 rings (SSSR count). The van der Waals surface area contributed by atoms with Gasteiger partial charge in [-0.1, -0.05) is 6.42 Å². The van der Waals surface area contributed by atoms with Gasteiger partial charge in [0.15, 0.2) is 0 Å². The van der Waals surface area contributed by atoms with Crippen molar-refractivity contribution in [2.45, 2.75) is 51.2 Å². The Morgan fingerprint density at radius 2 is 2.13 bits per heavy atom. The zero-order chi connectivity index (χ0) is 11.1. The quantitative estimate of drug-likeness (QED) is 0.667. The molecule has 0 aromatic carbocycles. The van der Waals surface area contributed by atoms with Crippen LogP contribution in [-0.2, 0) is 9.53 Å². The van der Waals surface area contributed by atoms with Crippen LogP contribution in [0.1, 0.15) is 39.0 Å². The fourth-order valence-electron chi connectivity index (χ4n) is 1.81. The van der Waals surface area contributed by atoms with Gasteiger partial charge in [0, 0.05) is 6.54 Å². The second-order valence-corrected chi connectivity index (χ2v) is 4.10. The normalized spacial score (nSPS) is 19.9. The lowest BCUT2D eigenvalue weighted by atomic mass is 9.98. The van der Waals surface area contributed by atoms with Gasteiger partial charge in [0.2, 0.25) is 0 Å². The zero-order valence-electron chi connectivity index (χ0n) is 9.37. The van der Waals surface area contributed by atoms with E-state index in [4.69, 9.17) is 9.84 Å². The van der Waals surface area contributed by atoms with Gasteiger partial charge >= 0.3 is 5.97 Å². The Morgan fingerprint density at radius 3 is 2.73 bits per heavy atom. The molecule has 0 aromatic heterocycles. The minimum absolute atomic E-state index is 0.0427. The maximum Gasteiger partial charge on any atom is 0.323 e. The summed E-state index contributed by atoms with van der Waals surface area (Å²) in [5, 5.41) is 11.5. The monoisotopic (exact) mass is 215 g/mol. The van der Waals surface area contributed by atoms with Crippen molar-refractivity contribution in [3.8, 4) is 0 Å². The summed E-state index contributed by atoms with van der Waals surface area (Å²) >= 11 is 0. The molecule has 1 unspecified atom stereocenters. The standard InChI is InChI=1S/C11H21NO3/c1-9(12-7-8-13)11(14)15-10-5-3-2-4-6-10/h9-10,12-13H,2-8H2,1H3. The molecule has 15 heavy (non-hydrogen) atoms. The topological polar surface area (TPSA) is 58.6 Å². The van der Waals surface area contributed by atoms with Gasteiger partial charge in [0.25, 0.3) is 0 Å². The number of carbonyl (C=O) groups excluding carboxylic acids is 1. The highest BCUT2D eigenvalue weighted by molar-refractivity contribution is 5.75. The van der Waals surface area contributed by atoms with Gasteiger partial charge < -0.3 is 15.2 Å². The van der Waals surface area contributed by atoms with Crippen LogP contribution in [0, 0.1) is 0 Å². The minimum Gasteiger partial charge on any atom is -0.461 e. The highest BCUT2D eigenvalue weighted by atomic mass is 16.5. The molecule has 1 atom stereocenters. The molecule has 0 radical (unpaired) electrons. The van der Waals surface area contributed by atoms with Crippen molar-refractivity contribution < 1.29 is 14.6 Å². The third kappa shape index (κ3) is 4.62. The Kier molecular flexibility index (Phi) is 5.65. The van der Waals surface area contributed by atoms with Crippen LogP contribution in [0.4, 0.5) is 0 Å². The lowest BCUT2D eigenvalue weighted by Gasteiger charge is -2.23. The van der Waals surface area contributed by atoms with E-state index in [2.05, 4.69) is 5.32 Å². The van der Waals surface area contributed by atoms with Gasteiger partial charge in [-0.05, 0) is 32.6 Å². The Bertz CT molecular complexity index is 190. The first-order valence-electron chi connectivity index (χ1n) is 5.78. The molecule has 0 aromatic rings. The van der Waals surface area contributed by atoms with E-state index in [1.807, 2.05) is 0 Å². The van der Waals surface area contributed by atoms with E-state index in [1.54, 1.807) is 6.92 Å². The maximum atomic E-state index is 11.6. The Hall–Kier alpha value is -0.610. The molecule has 88 valence electrons. The number of hydrogen-bond donors (Lipinski definition) is 2. The number of aliphatic hydroxyl groups excluding tert-OH is 1. The van der Waals surface area contributed by atoms with Crippen LogP contribution < -0.4 is 5.32 Å². The number of hydrogen-bond acceptors (Lipinski definition) is 4. The van der Waals surface area contributed by atoms with Gasteiger partial charge in [0.1, 0.15) is 12.1 Å². The molecule has 4 nitrogen and oxygen atoms in total. The zero-order valence-corrected chi connectivity index (χ0v) is 9.37. The summed E-state index contributed by atoms with van der Waals surface area (Å²) in [5.41, 5.74) is 0. The summed E-state index contributed by atoms with van der Waals surface area (Å²) in [6, 6.07) is -0.320. The van der Waals surface area contributed by atoms with Crippen molar-refractivity contribution in [3.63, 3.8) is 0 Å². The molecule has 2 N–H and O–H groups in total. The third-order valence-electron chi connectivity index (χ3n) is 2.75. The van der Waals surface area contributed by atoms with E-state index >= 15 is 0 Å². The first-order valence-corrected chi connectivity index (χ1v) is 5.78. The molecule has 1 saturated carbocycles. The van der Waals surface area contributed by atoms with Crippen LogP contribution in [0.5, 0.6) is 0 Å². The second kappa shape index (κ2) is 6.80. The summed E-state index contributed by atoms with van der Waals surface area (Å²) in [5.74, 6) is -0.199. The summed E-state index contributed by atoms with van der Waals surface area (Å²) < 4.78 is 5.37. The number of carbonyl (C=O) groups is 1. The molecule has 1 aliphatic rings. The van der Waals surface area contributed by atoms with Crippen LogP contribution in [0.3, 0.4) is 0 Å². The fourth-order valence-corrected chi connectivity index (χ4v) is 1.81. The van der Waals surface area contributed by atoms with E-state index in [-0.39, 0.29) is 24.7 Å². The number of esters is 1. The van der Waals surface area contributed by atoms with Gasteiger partial charge in [0.05, 0.1) is 6.61 Å². The van der Waals surface area contributed by atoms with Crippen molar-refractivity contribution in [3.05, 3.63) is 0 Å². The molecule has 1 aliphatic carbocycles. The van der Waals surface area contributed by atoms with E-state index < -0.39 is 0 Å². The molecular formula is C11H21NO3. The molecule has 1 fully saturated rings. The van der Waals surface area contributed by atoms with Crippen molar-refractivity contribution in [1.29, 1.82) is 0 Å². The van der Waals surface area contributed by atoms with E-state index in [0.29, 0.717) is 6.54 Å². The summed E-state index contributed by atoms with van der Waals surface area (Å²) in [6.07, 6.45) is 5.69. The first-order chi connectivity index (χ1) is 7.24. The predicted octanol–water partition coefficient (Wildman–Crippen LogP) is 0.833. The first kappa shape index (κ1) is 12.5. The van der Waals surface area contributed by atoms with Crippen molar-refractivity contribution in [2.24, 2.45) is 0 Å². The summed E-state index contributed by atoms with van der Waals surface area (Å²) in [6.45, 7) is 2.24. The van der Waals surface area contributed by atoms with Crippen LogP contribution in [0.2, 0.25) is 0 Å². The largest absolute Gasteiger partial charge is 0.461 e. The summed E-state index contributed by atoms with van der Waals surface area (Å²) in [4.78, 5) is 11.6.